The molecule has 1 aliphatic rings. The molecule has 0 aliphatic carbocycles. The Bertz CT molecular complexity index is 826. The molecular formula is C19H24N4O4S. The Balaban J connectivity index is 1.48. The van der Waals surface area contributed by atoms with Crippen molar-refractivity contribution in [1.82, 2.24) is 20.4 Å². The number of nitrogens with one attached hydrogen (secondary N) is 1. The number of likely N-dealkylation sites (tertiary alicyclic amines) is 1. The Labute approximate surface area is 168 Å². The number of hydrogen-bond donors (Lipinski definition) is 1. The van der Waals surface area contributed by atoms with Crippen molar-refractivity contribution in [3.8, 4) is 5.75 Å². The summed E-state index contributed by atoms with van der Waals surface area (Å²) in [6.07, 6.45) is 1.79. The number of amides is 2. The topological polar surface area (TPSA) is 97.6 Å². The molecule has 1 fully saturated rings. The summed E-state index contributed by atoms with van der Waals surface area (Å²) in [6, 6.07) is 7.70. The van der Waals surface area contributed by atoms with Crippen molar-refractivity contribution in [2.75, 3.05) is 19.4 Å². The molecule has 2 aromatic rings. The van der Waals surface area contributed by atoms with Gasteiger partial charge in [0.05, 0.1) is 12.9 Å². The van der Waals surface area contributed by atoms with E-state index in [1.165, 1.54) is 11.8 Å². The number of benzene rings is 1. The number of nitrogens with zero attached hydrogens (tertiary/aromatic N) is 3. The van der Waals surface area contributed by atoms with Gasteiger partial charge in [0, 0.05) is 32.5 Å². The molecule has 1 saturated heterocycles. The number of methoxy groups -OCH3 is 1. The summed E-state index contributed by atoms with van der Waals surface area (Å²) >= 11 is 1.21. The first-order valence-corrected chi connectivity index (χ1v) is 10.1. The van der Waals surface area contributed by atoms with Crippen molar-refractivity contribution >= 4 is 23.6 Å². The Hall–Kier alpha value is -2.55. The number of carbonyl (C=O) groups excluding carboxylic acids is 2. The van der Waals surface area contributed by atoms with Gasteiger partial charge in [-0.1, -0.05) is 23.9 Å². The molecule has 0 bridgehead atoms. The van der Waals surface area contributed by atoms with Crippen LogP contribution in [0.25, 0.3) is 0 Å². The first-order chi connectivity index (χ1) is 13.5. The third-order valence-electron chi connectivity index (χ3n) is 4.51. The molecule has 9 heteroatoms. The van der Waals surface area contributed by atoms with Crippen LogP contribution in [0.5, 0.6) is 5.75 Å². The number of hydrogen-bond acceptors (Lipinski definition) is 7. The van der Waals surface area contributed by atoms with Crippen LogP contribution in [0.1, 0.15) is 30.7 Å². The van der Waals surface area contributed by atoms with E-state index in [0.29, 0.717) is 37.0 Å². The lowest BCUT2D eigenvalue weighted by Crippen LogP contribution is -2.36. The van der Waals surface area contributed by atoms with Crippen LogP contribution in [0.4, 0.5) is 0 Å². The van der Waals surface area contributed by atoms with Crippen LogP contribution < -0.4 is 10.1 Å². The fourth-order valence-corrected chi connectivity index (χ4v) is 3.69. The highest BCUT2D eigenvalue weighted by molar-refractivity contribution is 7.99. The maximum Gasteiger partial charge on any atom is 0.277 e. The van der Waals surface area contributed by atoms with E-state index in [2.05, 4.69) is 15.5 Å². The minimum atomic E-state index is -0.0976. The lowest BCUT2D eigenvalue weighted by molar-refractivity contribution is -0.131. The van der Waals surface area contributed by atoms with E-state index in [-0.39, 0.29) is 23.6 Å². The molecule has 28 heavy (non-hydrogen) atoms. The summed E-state index contributed by atoms with van der Waals surface area (Å²) < 4.78 is 10.5. The minimum Gasteiger partial charge on any atom is -0.497 e. The molecule has 1 N–H and O–H groups in total. The molecule has 3 rings (SSSR count). The van der Waals surface area contributed by atoms with Crippen LogP contribution in [0.2, 0.25) is 0 Å². The van der Waals surface area contributed by atoms with Gasteiger partial charge in [-0.05, 0) is 30.5 Å². The zero-order valence-electron chi connectivity index (χ0n) is 16.0. The van der Waals surface area contributed by atoms with E-state index < -0.39 is 0 Å². The summed E-state index contributed by atoms with van der Waals surface area (Å²) in [5.41, 5.74) is 1.03. The number of ether oxygens (including phenoxy) is 1. The zero-order chi connectivity index (χ0) is 19.9. The lowest BCUT2D eigenvalue weighted by Gasteiger charge is -2.21. The fraction of sp³-hybridized carbons (Fsp3) is 0.474. The van der Waals surface area contributed by atoms with Gasteiger partial charge in [-0.15, -0.1) is 10.2 Å². The monoisotopic (exact) mass is 404 g/mol. The first kappa shape index (κ1) is 20.2. The molecule has 1 unspecified atom stereocenters. The molecule has 0 saturated carbocycles. The second-order valence-electron chi connectivity index (χ2n) is 6.63. The predicted octanol–water partition coefficient (Wildman–Crippen LogP) is 2.18. The van der Waals surface area contributed by atoms with E-state index in [0.717, 1.165) is 17.7 Å². The van der Waals surface area contributed by atoms with Crippen molar-refractivity contribution in [1.29, 1.82) is 0 Å². The number of rotatable bonds is 7. The number of thioether (sulfide) groups is 1. The quantitative estimate of drug-likeness (QED) is 0.706. The third kappa shape index (κ3) is 5.72. The highest BCUT2D eigenvalue weighted by atomic mass is 32.2. The van der Waals surface area contributed by atoms with Crippen molar-refractivity contribution in [3.63, 3.8) is 0 Å². The molecule has 1 aromatic carbocycles. The van der Waals surface area contributed by atoms with E-state index in [4.69, 9.17) is 9.15 Å². The van der Waals surface area contributed by atoms with E-state index in [9.17, 15) is 9.59 Å². The summed E-state index contributed by atoms with van der Waals surface area (Å²) in [5, 5.41) is 11.0. The van der Waals surface area contributed by atoms with E-state index in [1.54, 1.807) is 14.0 Å². The first-order valence-electron chi connectivity index (χ1n) is 9.16. The highest BCUT2D eigenvalue weighted by Gasteiger charge is 2.24. The smallest absolute Gasteiger partial charge is 0.277 e. The minimum absolute atomic E-state index is 0.0169. The van der Waals surface area contributed by atoms with Crippen molar-refractivity contribution in [2.24, 2.45) is 0 Å². The average molecular weight is 404 g/mol. The van der Waals surface area contributed by atoms with Crippen molar-refractivity contribution in [3.05, 3.63) is 35.7 Å². The van der Waals surface area contributed by atoms with Crippen molar-refractivity contribution < 1.29 is 18.7 Å². The van der Waals surface area contributed by atoms with Crippen LogP contribution in [-0.4, -0.2) is 52.4 Å². The van der Waals surface area contributed by atoms with Crippen LogP contribution in [0.15, 0.2) is 33.9 Å². The van der Waals surface area contributed by atoms with Gasteiger partial charge >= 0.3 is 0 Å². The maximum atomic E-state index is 12.5. The van der Waals surface area contributed by atoms with Gasteiger partial charge in [0.2, 0.25) is 17.7 Å². The second kappa shape index (κ2) is 9.59. The summed E-state index contributed by atoms with van der Waals surface area (Å²) in [5.74, 6) is 1.47. The Kier molecular flexibility index (Phi) is 6.91. The molecule has 8 nitrogen and oxygen atoms in total. The van der Waals surface area contributed by atoms with E-state index in [1.807, 2.05) is 29.2 Å². The van der Waals surface area contributed by atoms with Gasteiger partial charge in [-0.3, -0.25) is 9.59 Å². The standard InChI is InChI=1S/C19H24N4O4S/c1-13-21-22-19(27-13)28-12-17(24)20-15-6-7-18(25)23(9-8-15)11-14-4-3-5-16(10-14)26-2/h3-5,10,15H,6-9,11-12H2,1-2H3,(H,20,24). The average Bonchev–Trinajstić information content (AvgIpc) is 3.04. The predicted molar refractivity (Wildman–Crippen MR) is 104 cm³/mol. The molecule has 0 spiro atoms. The number of carbonyl (C=O) groups is 2. The number of aryl methyl sites for hydroxylation is 1. The Morgan fingerprint density at radius 1 is 1.39 bits per heavy atom. The molecule has 0 radical (unpaired) electrons. The Morgan fingerprint density at radius 2 is 2.25 bits per heavy atom. The lowest BCUT2D eigenvalue weighted by atomic mass is 10.1. The van der Waals surface area contributed by atoms with Gasteiger partial charge in [0.1, 0.15) is 5.75 Å². The normalized spacial score (nSPS) is 17.3. The molecule has 2 heterocycles. The van der Waals surface area contributed by atoms with Gasteiger partial charge in [-0.2, -0.15) is 0 Å². The fourth-order valence-electron chi connectivity index (χ4n) is 3.07. The van der Waals surface area contributed by atoms with Gasteiger partial charge in [0.25, 0.3) is 5.22 Å². The Morgan fingerprint density at radius 3 is 3.00 bits per heavy atom. The SMILES string of the molecule is COc1cccc(CN2CCC(NC(=O)CSc3nnc(C)o3)CCC2=O)c1. The largest absolute Gasteiger partial charge is 0.497 e. The van der Waals surface area contributed by atoms with Crippen LogP contribution in [0, 0.1) is 6.92 Å². The van der Waals surface area contributed by atoms with Crippen molar-refractivity contribution in [2.45, 2.75) is 44.0 Å². The molecule has 2 amide bonds. The van der Waals surface area contributed by atoms with Gasteiger partial charge in [-0.25, -0.2) is 0 Å². The highest BCUT2D eigenvalue weighted by Crippen LogP contribution is 2.19. The maximum absolute atomic E-state index is 12.5. The van der Waals surface area contributed by atoms with Crippen LogP contribution >= 0.6 is 11.8 Å². The summed E-state index contributed by atoms with van der Waals surface area (Å²) in [7, 11) is 1.63. The van der Waals surface area contributed by atoms with Gasteiger partial charge in [0.15, 0.2) is 0 Å². The second-order valence-corrected chi connectivity index (χ2v) is 7.56. The van der Waals surface area contributed by atoms with Crippen LogP contribution in [0.3, 0.4) is 0 Å². The van der Waals surface area contributed by atoms with Gasteiger partial charge < -0.3 is 19.4 Å². The number of aromatic nitrogens is 2. The molecule has 1 aromatic heterocycles. The summed E-state index contributed by atoms with van der Waals surface area (Å²) in [6.45, 7) is 2.86. The molecule has 150 valence electrons. The third-order valence-corrected chi connectivity index (χ3v) is 5.33. The van der Waals surface area contributed by atoms with Crippen LogP contribution in [-0.2, 0) is 16.1 Å². The molecular weight excluding hydrogens is 380 g/mol. The van der Waals surface area contributed by atoms with E-state index >= 15 is 0 Å². The molecule has 1 atom stereocenters. The molecule has 1 aliphatic heterocycles. The zero-order valence-corrected chi connectivity index (χ0v) is 16.8. The summed E-state index contributed by atoms with van der Waals surface area (Å²) in [4.78, 5) is 26.5.